The van der Waals surface area contributed by atoms with E-state index in [-0.39, 0.29) is 11.1 Å². The summed E-state index contributed by atoms with van der Waals surface area (Å²) in [4.78, 5) is 0.983. The largest absolute Gasteiger partial charge is 0.252 e. The molecule has 0 radical (unpaired) electrons. The molecule has 3 rings (SSSR count). The first-order valence-electron chi connectivity index (χ1n) is 7.41. The van der Waals surface area contributed by atoms with E-state index < -0.39 is 10.0 Å². The zero-order valence-electron chi connectivity index (χ0n) is 12.7. The van der Waals surface area contributed by atoms with Crippen molar-refractivity contribution in [3.8, 4) is 0 Å². The summed E-state index contributed by atoms with van der Waals surface area (Å²) in [7, 11) is -3.44. The van der Waals surface area contributed by atoms with Crippen LogP contribution in [0.25, 0.3) is 0 Å². The van der Waals surface area contributed by atoms with Crippen molar-refractivity contribution < 1.29 is 12.8 Å². The molecule has 0 saturated carbocycles. The van der Waals surface area contributed by atoms with Crippen LogP contribution in [0.3, 0.4) is 0 Å². The second kappa shape index (κ2) is 6.93. The Balaban J connectivity index is 1.78. The van der Waals surface area contributed by atoms with Crippen LogP contribution >= 0.6 is 23.1 Å². The van der Waals surface area contributed by atoms with Gasteiger partial charge in [-0.15, -0.1) is 11.3 Å². The SMILES string of the molecule is Cc1ccc(S(=O)(=O)N2CCSC(c3ccccc3F)CC2)s1. The van der Waals surface area contributed by atoms with Crippen LogP contribution in [0.1, 0.15) is 22.1 Å². The predicted octanol–water partition coefficient (Wildman–Crippen LogP) is 4.06. The maximum Gasteiger partial charge on any atom is 0.252 e. The molecule has 23 heavy (non-hydrogen) atoms. The normalized spacial score (nSPS) is 20.3. The third-order valence-corrected chi connectivity index (χ3v) is 8.54. The van der Waals surface area contributed by atoms with E-state index in [1.807, 2.05) is 19.1 Å². The summed E-state index contributed by atoms with van der Waals surface area (Å²) in [5.41, 5.74) is 0.670. The lowest BCUT2D eigenvalue weighted by Crippen LogP contribution is -2.32. The summed E-state index contributed by atoms with van der Waals surface area (Å²) in [5, 5.41) is 0.00136. The fourth-order valence-corrected chi connectivity index (χ4v) is 6.91. The molecule has 1 atom stereocenters. The first-order valence-corrected chi connectivity index (χ1v) is 10.7. The van der Waals surface area contributed by atoms with Gasteiger partial charge in [-0.25, -0.2) is 12.8 Å². The van der Waals surface area contributed by atoms with Crippen LogP contribution in [-0.4, -0.2) is 31.6 Å². The lowest BCUT2D eigenvalue weighted by atomic mass is 10.1. The highest BCUT2D eigenvalue weighted by molar-refractivity contribution is 7.99. The van der Waals surface area contributed by atoms with E-state index in [1.54, 1.807) is 30.0 Å². The molecule has 1 aromatic carbocycles. The Morgan fingerprint density at radius 1 is 1.17 bits per heavy atom. The van der Waals surface area contributed by atoms with Crippen molar-refractivity contribution >= 4 is 33.1 Å². The number of hydrogen-bond acceptors (Lipinski definition) is 4. The fraction of sp³-hybridized carbons (Fsp3) is 0.375. The maximum atomic E-state index is 14.0. The number of benzene rings is 1. The van der Waals surface area contributed by atoms with Gasteiger partial charge in [0, 0.05) is 34.5 Å². The van der Waals surface area contributed by atoms with E-state index in [9.17, 15) is 12.8 Å². The van der Waals surface area contributed by atoms with Gasteiger partial charge in [-0.3, -0.25) is 0 Å². The van der Waals surface area contributed by atoms with E-state index in [0.717, 1.165) is 4.88 Å². The molecule has 1 saturated heterocycles. The van der Waals surface area contributed by atoms with E-state index in [0.29, 0.717) is 35.0 Å². The van der Waals surface area contributed by atoms with E-state index in [2.05, 4.69) is 0 Å². The van der Waals surface area contributed by atoms with Gasteiger partial charge >= 0.3 is 0 Å². The van der Waals surface area contributed by atoms with Gasteiger partial charge < -0.3 is 0 Å². The molecule has 7 heteroatoms. The second-order valence-corrected chi connectivity index (χ2v) is 10.2. The van der Waals surface area contributed by atoms with Crippen molar-refractivity contribution in [1.82, 2.24) is 4.31 Å². The topological polar surface area (TPSA) is 37.4 Å². The molecule has 2 aromatic rings. The molecular formula is C16H18FNO2S3. The number of sulfonamides is 1. The Bertz CT molecular complexity index is 788. The Hall–Kier alpha value is -0.890. The molecule has 0 bridgehead atoms. The second-order valence-electron chi connectivity index (χ2n) is 5.44. The summed E-state index contributed by atoms with van der Waals surface area (Å²) in [5.74, 6) is 0.456. The summed E-state index contributed by atoms with van der Waals surface area (Å²) in [6, 6.07) is 10.3. The summed E-state index contributed by atoms with van der Waals surface area (Å²) in [6.45, 7) is 2.79. The van der Waals surface area contributed by atoms with Crippen LogP contribution in [0.15, 0.2) is 40.6 Å². The predicted molar refractivity (Wildman–Crippen MR) is 94.0 cm³/mol. The smallest absolute Gasteiger partial charge is 0.207 e. The van der Waals surface area contributed by atoms with Crippen LogP contribution in [-0.2, 0) is 10.0 Å². The molecule has 0 amide bonds. The summed E-state index contributed by atoms with van der Waals surface area (Å²) in [6.07, 6.45) is 0.620. The van der Waals surface area contributed by atoms with Gasteiger partial charge in [-0.2, -0.15) is 16.1 Å². The monoisotopic (exact) mass is 371 g/mol. The minimum absolute atomic E-state index is 0.00136. The van der Waals surface area contributed by atoms with Crippen molar-refractivity contribution in [2.45, 2.75) is 22.8 Å². The van der Waals surface area contributed by atoms with Crippen molar-refractivity contribution in [2.75, 3.05) is 18.8 Å². The van der Waals surface area contributed by atoms with E-state index >= 15 is 0 Å². The first kappa shape index (κ1) is 17.0. The number of rotatable bonds is 3. The molecule has 1 aromatic heterocycles. The van der Waals surface area contributed by atoms with Crippen LogP contribution in [0.4, 0.5) is 4.39 Å². The van der Waals surface area contributed by atoms with Gasteiger partial charge in [0.1, 0.15) is 10.0 Å². The van der Waals surface area contributed by atoms with E-state index in [4.69, 9.17) is 0 Å². The average Bonchev–Trinajstić information content (AvgIpc) is 2.82. The highest BCUT2D eigenvalue weighted by Crippen LogP contribution is 2.37. The average molecular weight is 372 g/mol. The van der Waals surface area contributed by atoms with Gasteiger partial charge in [0.25, 0.3) is 10.0 Å². The van der Waals surface area contributed by atoms with Crippen molar-refractivity contribution in [3.63, 3.8) is 0 Å². The van der Waals surface area contributed by atoms with Crippen LogP contribution in [0.2, 0.25) is 0 Å². The molecule has 1 unspecified atom stereocenters. The molecular weight excluding hydrogens is 353 g/mol. The van der Waals surface area contributed by atoms with E-state index in [1.165, 1.54) is 21.7 Å². The Morgan fingerprint density at radius 3 is 2.65 bits per heavy atom. The highest BCUT2D eigenvalue weighted by atomic mass is 32.2. The highest BCUT2D eigenvalue weighted by Gasteiger charge is 2.29. The molecule has 2 heterocycles. The standard InChI is InChI=1S/C16H18FNO2S3/c1-12-6-7-16(22-12)23(19,20)18-9-8-15(21-11-10-18)13-4-2-3-5-14(13)17/h2-7,15H,8-11H2,1H3. The molecule has 1 aliphatic heterocycles. The van der Waals surface area contributed by atoms with Gasteiger partial charge in [0.2, 0.25) is 0 Å². The molecule has 0 spiro atoms. The third-order valence-electron chi connectivity index (χ3n) is 3.86. The number of thioether (sulfide) groups is 1. The third kappa shape index (κ3) is 3.63. The number of hydrogen-bond donors (Lipinski definition) is 0. The van der Waals surface area contributed by atoms with Gasteiger partial charge in [0.15, 0.2) is 0 Å². The Kier molecular flexibility index (Phi) is 5.10. The first-order chi connectivity index (χ1) is 11.0. The lowest BCUT2D eigenvalue weighted by molar-refractivity contribution is 0.428. The zero-order chi connectivity index (χ0) is 16.4. The van der Waals surface area contributed by atoms with Gasteiger partial charge in [-0.1, -0.05) is 18.2 Å². The summed E-state index contributed by atoms with van der Waals surface area (Å²) < 4.78 is 41.3. The quantitative estimate of drug-likeness (QED) is 0.816. The van der Waals surface area contributed by atoms with Crippen molar-refractivity contribution in [1.29, 1.82) is 0 Å². The molecule has 0 aliphatic carbocycles. The lowest BCUT2D eigenvalue weighted by Gasteiger charge is -2.19. The maximum absolute atomic E-state index is 14.0. The zero-order valence-corrected chi connectivity index (χ0v) is 15.2. The van der Waals surface area contributed by atoms with Crippen molar-refractivity contribution in [2.24, 2.45) is 0 Å². The molecule has 3 nitrogen and oxygen atoms in total. The number of halogens is 1. The molecule has 1 fully saturated rings. The van der Waals surface area contributed by atoms with Gasteiger partial charge in [0.05, 0.1) is 0 Å². The van der Waals surface area contributed by atoms with Crippen LogP contribution in [0.5, 0.6) is 0 Å². The Labute approximate surface area is 144 Å². The number of thiophene rings is 1. The van der Waals surface area contributed by atoms with Gasteiger partial charge in [-0.05, 0) is 31.5 Å². The number of nitrogens with zero attached hydrogens (tertiary/aromatic N) is 1. The fourth-order valence-electron chi connectivity index (χ4n) is 2.65. The molecule has 124 valence electrons. The minimum Gasteiger partial charge on any atom is -0.207 e. The molecule has 1 aliphatic rings. The minimum atomic E-state index is -3.44. The van der Waals surface area contributed by atoms with Crippen molar-refractivity contribution in [3.05, 3.63) is 52.7 Å². The van der Waals surface area contributed by atoms with Crippen LogP contribution in [0, 0.1) is 12.7 Å². The molecule has 0 N–H and O–H groups in total. The number of aryl methyl sites for hydroxylation is 1. The summed E-state index contributed by atoms with van der Waals surface area (Å²) >= 11 is 2.93. The Morgan fingerprint density at radius 2 is 1.96 bits per heavy atom. The van der Waals surface area contributed by atoms with Crippen LogP contribution < -0.4 is 0 Å².